The Kier molecular flexibility index (Phi) is 6.09. The number of carbonyl (C=O) groups excluding carboxylic acids is 1. The van der Waals surface area contributed by atoms with Gasteiger partial charge in [-0.25, -0.2) is 0 Å². The fourth-order valence-electron chi connectivity index (χ4n) is 2.71. The molecule has 1 amide bonds. The van der Waals surface area contributed by atoms with Crippen molar-refractivity contribution in [3.8, 4) is 0 Å². The summed E-state index contributed by atoms with van der Waals surface area (Å²) in [6, 6.07) is -0.315. The van der Waals surface area contributed by atoms with E-state index in [9.17, 15) is 4.79 Å². The third-order valence-corrected chi connectivity index (χ3v) is 4.13. The molecule has 1 aromatic rings. The van der Waals surface area contributed by atoms with Gasteiger partial charge in [-0.2, -0.15) is 4.98 Å². The number of nitrogens with two attached hydrogens (primary N) is 1. The van der Waals surface area contributed by atoms with E-state index in [0.29, 0.717) is 24.8 Å². The Bertz CT molecular complexity index is 519. The van der Waals surface area contributed by atoms with Crippen LogP contribution in [0.2, 0.25) is 0 Å². The number of nitrogens with zero attached hydrogens (tertiary/aromatic N) is 4. The molecule has 1 saturated heterocycles. The zero-order valence-corrected chi connectivity index (χ0v) is 14.4. The first-order chi connectivity index (χ1) is 10.9. The normalized spacial score (nSPS) is 19.8. The predicted octanol–water partition coefficient (Wildman–Crippen LogP) is 0.199. The van der Waals surface area contributed by atoms with Crippen LogP contribution in [-0.4, -0.2) is 71.8 Å². The van der Waals surface area contributed by atoms with Crippen molar-refractivity contribution in [2.75, 3.05) is 33.9 Å². The Morgan fingerprint density at radius 2 is 2.30 bits per heavy atom. The second-order valence-electron chi connectivity index (χ2n) is 6.41. The summed E-state index contributed by atoms with van der Waals surface area (Å²) in [6.07, 6.45) is 0.914. The Hall–Kier alpha value is -1.51. The maximum absolute atomic E-state index is 12.2. The lowest BCUT2D eigenvalue weighted by Crippen LogP contribution is -2.46. The Balaban J connectivity index is 1.86. The fourth-order valence-corrected chi connectivity index (χ4v) is 2.71. The first kappa shape index (κ1) is 17.8. The van der Waals surface area contributed by atoms with Crippen molar-refractivity contribution in [1.29, 1.82) is 0 Å². The molecular formula is C15H27N5O3. The van der Waals surface area contributed by atoms with Gasteiger partial charge in [-0.15, -0.1) is 0 Å². The molecular weight excluding hydrogens is 298 g/mol. The van der Waals surface area contributed by atoms with Crippen molar-refractivity contribution in [2.24, 2.45) is 5.73 Å². The lowest BCUT2D eigenvalue weighted by Gasteiger charge is -2.24. The summed E-state index contributed by atoms with van der Waals surface area (Å²) in [5.74, 6) is 1.51. The summed E-state index contributed by atoms with van der Waals surface area (Å²) < 4.78 is 10.2. The molecule has 1 aliphatic heterocycles. The molecule has 0 aliphatic carbocycles. The van der Waals surface area contributed by atoms with E-state index in [0.717, 1.165) is 13.0 Å². The topological polar surface area (TPSA) is 97.7 Å². The Labute approximate surface area is 136 Å². The number of hydrogen-bond donors (Lipinski definition) is 1. The molecule has 2 heterocycles. The summed E-state index contributed by atoms with van der Waals surface area (Å²) in [4.78, 5) is 20.6. The molecule has 23 heavy (non-hydrogen) atoms. The van der Waals surface area contributed by atoms with E-state index in [4.69, 9.17) is 15.0 Å². The molecule has 0 radical (unpaired) electrons. The minimum absolute atomic E-state index is 0.0515. The maximum Gasteiger partial charge on any atom is 0.241 e. The van der Waals surface area contributed by atoms with Crippen molar-refractivity contribution >= 4 is 5.91 Å². The van der Waals surface area contributed by atoms with Crippen molar-refractivity contribution in [3.63, 3.8) is 0 Å². The summed E-state index contributed by atoms with van der Waals surface area (Å²) in [7, 11) is 3.56. The van der Waals surface area contributed by atoms with Crippen molar-refractivity contribution < 1.29 is 14.1 Å². The van der Waals surface area contributed by atoms with Gasteiger partial charge in [0.15, 0.2) is 5.82 Å². The van der Waals surface area contributed by atoms with Gasteiger partial charge in [0.1, 0.15) is 6.04 Å². The summed E-state index contributed by atoms with van der Waals surface area (Å²) in [6.45, 7) is 6.27. The van der Waals surface area contributed by atoms with Crippen LogP contribution in [0.15, 0.2) is 4.52 Å². The molecule has 0 bridgehead atoms. The molecule has 0 aromatic carbocycles. The molecule has 1 aliphatic rings. The average molecular weight is 325 g/mol. The molecule has 2 unspecified atom stereocenters. The van der Waals surface area contributed by atoms with Crippen LogP contribution in [0.5, 0.6) is 0 Å². The van der Waals surface area contributed by atoms with Crippen molar-refractivity contribution in [2.45, 2.75) is 44.8 Å². The maximum atomic E-state index is 12.2. The number of methoxy groups -OCH3 is 1. The third-order valence-electron chi connectivity index (χ3n) is 4.13. The molecule has 130 valence electrons. The Morgan fingerprint density at radius 1 is 1.57 bits per heavy atom. The number of likely N-dealkylation sites (tertiary alicyclic amines) is 1. The predicted molar refractivity (Wildman–Crippen MR) is 84.7 cm³/mol. The van der Waals surface area contributed by atoms with Gasteiger partial charge < -0.3 is 19.9 Å². The first-order valence-corrected chi connectivity index (χ1v) is 7.98. The van der Waals surface area contributed by atoms with Crippen LogP contribution in [0.1, 0.15) is 37.9 Å². The average Bonchev–Trinajstić information content (AvgIpc) is 3.15. The van der Waals surface area contributed by atoms with Gasteiger partial charge in [-0.05, 0) is 13.5 Å². The zero-order chi connectivity index (χ0) is 17.0. The van der Waals surface area contributed by atoms with E-state index in [-0.39, 0.29) is 24.5 Å². The van der Waals surface area contributed by atoms with E-state index in [1.54, 1.807) is 12.0 Å². The van der Waals surface area contributed by atoms with Gasteiger partial charge in [-0.1, -0.05) is 19.0 Å². The molecule has 0 spiro atoms. The van der Waals surface area contributed by atoms with Crippen LogP contribution in [0, 0.1) is 0 Å². The lowest BCUT2D eigenvalue weighted by molar-refractivity contribution is -0.132. The molecule has 0 saturated carbocycles. The highest BCUT2D eigenvalue weighted by molar-refractivity contribution is 5.82. The van der Waals surface area contributed by atoms with Gasteiger partial charge in [0, 0.05) is 32.2 Å². The molecule has 2 atom stereocenters. The largest absolute Gasteiger partial charge is 0.383 e. The van der Waals surface area contributed by atoms with Gasteiger partial charge in [0.05, 0.1) is 13.2 Å². The number of hydrogen-bond acceptors (Lipinski definition) is 7. The molecule has 8 heteroatoms. The van der Waals surface area contributed by atoms with E-state index < -0.39 is 6.04 Å². The van der Waals surface area contributed by atoms with Crippen LogP contribution in [-0.2, 0) is 16.1 Å². The number of ether oxygens (including phenoxy) is 1. The van der Waals surface area contributed by atoms with Crippen molar-refractivity contribution in [1.82, 2.24) is 19.9 Å². The SMILES string of the molecule is COCC(N)C(=O)N1CCC(N(C)Cc2noc(C(C)C)n2)C1. The quantitative estimate of drug-likeness (QED) is 0.764. The summed E-state index contributed by atoms with van der Waals surface area (Å²) >= 11 is 0. The van der Waals surface area contributed by atoms with E-state index >= 15 is 0 Å². The monoisotopic (exact) mass is 325 g/mol. The van der Waals surface area contributed by atoms with Crippen LogP contribution in [0.25, 0.3) is 0 Å². The minimum Gasteiger partial charge on any atom is -0.383 e. The molecule has 1 aromatic heterocycles. The lowest BCUT2D eigenvalue weighted by atomic mass is 10.2. The highest BCUT2D eigenvalue weighted by atomic mass is 16.5. The highest BCUT2D eigenvalue weighted by Gasteiger charge is 2.31. The highest BCUT2D eigenvalue weighted by Crippen LogP contribution is 2.18. The fraction of sp³-hybridized carbons (Fsp3) is 0.800. The van der Waals surface area contributed by atoms with Gasteiger partial charge >= 0.3 is 0 Å². The van der Waals surface area contributed by atoms with E-state index in [2.05, 4.69) is 15.0 Å². The van der Waals surface area contributed by atoms with Gasteiger partial charge in [-0.3, -0.25) is 9.69 Å². The number of aromatic nitrogens is 2. The second-order valence-corrected chi connectivity index (χ2v) is 6.41. The number of amides is 1. The van der Waals surface area contributed by atoms with Crippen molar-refractivity contribution in [3.05, 3.63) is 11.7 Å². The number of carbonyl (C=O) groups is 1. The van der Waals surface area contributed by atoms with E-state index in [1.807, 2.05) is 20.9 Å². The third kappa shape index (κ3) is 4.49. The van der Waals surface area contributed by atoms with Gasteiger partial charge in [0.25, 0.3) is 0 Å². The zero-order valence-electron chi connectivity index (χ0n) is 14.4. The standard InChI is InChI=1S/C15H27N5O3/c1-10(2)14-17-13(18-23-14)8-19(3)11-5-6-20(7-11)15(21)12(16)9-22-4/h10-12H,5-9,16H2,1-4H3. The van der Waals surface area contributed by atoms with Crippen LogP contribution in [0.3, 0.4) is 0 Å². The Morgan fingerprint density at radius 3 is 2.91 bits per heavy atom. The smallest absolute Gasteiger partial charge is 0.241 e. The number of rotatable bonds is 7. The summed E-state index contributed by atoms with van der Waals surface area (Å²) in [5.41, 5.74) is 5.82. The molecule has 2 N–H and O–H groups in total. The van der Waals surface area contributed by atoms with Crippen LogP contribution < -0.4 is 5.73 Å². The molecule has 1 fully saturated rings. The first-order valence-electron chi connectivity index (χ1n) is 7.98. The number of likely N-dealkylation sites (N-methyl/N-ethyl adjacent to an activating group) is 1. The van der Waals surface area contributed by atoms with Crippen LogP contribution in [0.4, 0.5) is 0 Å². The van der Waals surface area contributed by atoms with E-state index in [1.165, 1.54) is 0 Å². The summed E-state index contributed by atoms with van der Waals surface area (Å²) in [5, 5.41) is 4.01. The molecule has 8 nitrogen and oxygen atoms in total. The van der Waals surface area contributed by atoms with Crippen LogP contribution >= 0.6 is 0 Å². The van der Waals surface area contributed by atoms with Gasteiger partial charge in [0.2, 0.25) is 11.8 Å². The molecule has 2 rings (SSSR count). The minimum atomic E-state index is -0.588. The second kappa shape index (κ2) is 7.85.